The van der Waals surface area contributed by atoms with Crippen molar-refractivity contribution >= 4 is 0 Å². The first-order chi connectivity index (χ1) is 8.52. The van der Waals surface area contributed by atoms with Crippen LogP contribution >= 0.6 is 0 Å². The molecule has 1 aliphatic rings. The van der Waals surface area contributed by atoms with Gasteiger partial charge < -0.3 is 5.32 Å². The summed E-state index contributed by atoms with van der Waals surface area (Å²) >= 11 is 0. The van der Waals surface area contributed by atoms with E-state index in [0.717, 1.165) is 18.7 Å². The molecule has 1 fully saturated rings. The molecule has 18 heavy (non-hydrogen) atoms. The van der Waals surface area contributed by atoms with Gasteiger partial charge in [-0.2, -0.15) is 0 Å². The van der Waals surface area contributed by atoms with E-state index in [9.17, 15) is 4.39 Å². The van der Waals surface area contributed by atoms with Crippen LogP contribution in [0.4, 0.5) is 4.39 Å². The van der Waals surface area contributed by atoms with E-state index in [-0.39, 0.29) is 17.4 Å². The molecule has 2 atom stereocenters. The number of nitrogens with zero attached hydrogens (tertiary/aromatic N) is 1. The highest BCUT2D eigenvalue weighted by atomic mass is 19.1. The second kappa shape index (κ2) is 5.37. The van der Waals surface area contributed by atoms with Crippen LogP contribution in [0.3, 0.4) is 0 Å². The highest BCUT2D eigenvalue weighted by Crippen LogP contribution is 2.26. The van der Waals surface area contributed by atoms with Crippen LogP contribution in [0.1, 0.15) is 38.3 Å². The molecule has 1 N–H and O–H groups in total. The molecule has 1 aliphatic heterocycles. The molecule has 1 aromatic carbocycles. The van der Waals surface area contributed by atoms with E-state index in [4.69, 9.17) is 0 Å². The minimum Gasteiger partial charge on any atom is -0.310 e. The van der Waals surface area contributed by atoms with Gasteiger partial charge in [-0.05, 0) is 46.3 Å². The predicted molar refractivity (Wildman–Crippen MR) is 73.1 cm³/mol. The average molecular weight is 250 g/mol. The van der Waals surface area contributed by atoms with E-state index >= 15 is 0 Å². The maximum absolute atomic E-state index is 13.8. The van der Waals surface area contributed by atoms with Crippen LogP contribution in [0.15, 0.2) is 24.3 Å². The first-order valence-corrected chi connectivity index (χ1v) is 6.71. The number of halogens is 1. The van der Waals surface area contributed by atoms with Crippen molar-refractivity contribution in [1.82, 2.24) is 10.2 Å². The van der Waals surface area contributed by atoms with Crippen molar-refractivity contribution in [3.8, 4) is 0 Å². The number of likely N-dealkylation sites (N-methyl/N-ethyl adjacent to an activating group) is 1. The van der Waals surface area contributed by atoms with Gasteiger partial charge in [-0.1, -0.05) is 18.2 Å². The molecule has 1 aromatic rings. The lowest BCUT2D eigenvalue weighted by atomic mass is 9.98. The smallest absolute Gasteiger partial charge is 0.127 e. The zero-order valence-corrected chi connectivity index (χ0v) is 11.5. The first kappa shape index (κ1) is 13.5. The fraction of sp³-hybridized carbons (Fsp3) is 0.600. The van der Waals surface area contributed by atoms with Crippen LogP contribution in [0.2, 0.25) is 0 Å². The van der Waals surface area contributed by atoms with Crippen molar-refractivity contribution in [1.29, 1.82) is 0 Å². The van der Waals surface area contributed by atoms with Gasteiger partial charge in [0.2, 0.25) is 0 Å². The number of hydrogen-bond donors (Lipinski definition) is 1. The van der Waals surface area contributed by atoms with E-state index in [1.807, 2.05) is 12.1 Å². The Morgan fingerprint density at radius 1 is 1.44 bits per heavy atom. The highest BCUT2D eigenvalue weighted by Gasteiger charge is 2.30. The third-order valence-corrected chi connectivity index (χ3v) is 4.07. The van der Waals surface area contributed by atoms with Crippen molar-refractivity contribution in [3.63, 3.8) is 0 Å². The molecule has 2 unspecified atom stereocenters. The Morgan fingerprint density at radius 2 is 2.17 bits per heavy atom. The highest BCUT2D eigenvalue weighted by molar-refractivity contribution is 5.20. The molecule has 0 saturated carbocycles. The molecule has 2 rings (SSSR count). The fourth-order valence-electron chi connectivity index (χ4n) is 2.83. The maximum atomic E-state index is 13.8. The number of nitrogens with one attached hydrogen (secondary N) is 1. The summed E-state index contributed by atoms with van der Waals surface area (Å²) in [6.45, 7) is 6.36. The van der Waals surface area contributed by atoms with Gasteiger partial charge >= 0.3 is 0 Å². The summed E-state index contributed by atoms with van der Waals surface area (Å²) in [6.07, 6.45) is 2.43. The Labute approximate surface area is 109 Å². The molecule has 0 radical (unpaired) electrons. The summed E-state index contributed by atoms with van der Waals surface area (Å²) in [4.78, 5) is 2.23. The molecule has 0 aromatic heterocycles. The van der Waals surface area contributed by atoms with Crippen molar-refractivity contribution in [3.05, 3.63) is 35.6 Å². The van der Waals surface area contributed by atoms with Crippen LogP contribution in [0.5, 0.6) is 0 Å². The van der Waals surface area contributed by atoms with Gasteiger partial charge in [0.15, 0.2) is 0 Å². The largest absolute Gasteiger partial charge is 0.310 e. The third kappa shape index (κ3) is 2.90. The van der Waals surface area contributed by atoms with Gasteiger partial charge in [-0.25, -0.2) is 4.39 Å². The number of hydrogen-bond acceptors (Lipinski definition) is 2. The normalized spacial score (nSPS) is 25.6. The van der Waals surface area contributed by atoms with E-state index in [1.54, 1.807) is 6.07 Å². The molecule has 3 heteroatoms. The summed E-state index contributed by atoms with van der Waals surface area (Å²) in [5.74, 6) is -0.110. The Balaban J connectivity index is 2.05. The number of rotatable bonds is 4. The molecular formula is C15H23FN2. The zero-order valence-electron chi connectivity index (χ0n) is 11.5. The quantitative estimate of drug-likeness (QED) is 0.884. The summed E-state index contributed by atoms with van der Waals surface area (Å²) in [7, 11) is 2.07. The van der Waals surface area contributed by atoms with Crippen molar-refractivity contribution < 1.29 is 4.39 Å². The Bertz CT molecular complexity index is 399. The van der Waals surface area contributed by atoms with Gasteiger partial charge in [-0.3, -0.25) is 4.90 Å². The van der Waals surface area contributed by atoms with Crippen LogP contribution in [-0.4, -0.2) is 30.6 Å². The Hall–Kier alpha value is -0.930. The van der Waals surface area contributed by atoms with Gasteiger partial charge in [-0.15, -0.1) is 0 Å². The van der Waals surface area contributed by atoms with Gasteiger partial charge in [0.05, 0.1) is 0 Å². The monoisotopic (exact) mass is 250 g/mol. The lowest BCUT2D eigenvalue weighted by Gasteiger charge is -2.34. The van der Waals surface area contributed by atoms with Crippen LogP contribution < -0.4 is 5.32 Å². The van der Waals surface area contributed by atoms with E-state index in [1.165, 1.54) is 18.9 Å². The second-order valence-electron chi connectivity index (χ2n) is 5.70. The number of benzene rings is 1. The first-order valence-electron chi connectivity index (χ1n) is 6.71. The zero-order chi connectivity index (χ0) is 13.2. The fourth-order valence-corrected chi connectivity index (χ4v) is 2.83. The molecule has 0 spiro atoms. The molecule has 0 bridgehead atoms. The molecular weight excluding hydrogens is 227 g/mol. The van der Waals surface area contributed by atoms with Crippen LogP contribution in [0, 0.1) is 5.82 Å². The molecule has 1 saturated heterocycles. The minimum atomic E-state index is -0.110. The Kier molecular flexibility index (Phi) is 4.03. The van der Waals surface area contributed by atoms with Crippen molar-refractivity contribution in [2.24, 2.45) is 0 Å². The van der Waals surface area contributed by atoms with Crippen molar-refractivity contribution in [2.45, 2.75) is 38.3 Å². The lowest BCUT2D eigenvalue weighted by Crippen LogP contribution is -2.46. The second-order valence-corrected chi connectivity index (χ2v) is 5.70. The molecule has 0 amide bonds. The summed E-state index contributed by atoms with van der Waals surface area (Å²) in [5.41, 5.74) is 0.954. The van der Waals surface area contributed by atoms with Gasteiger partial charge in [0, 0.05) is 23.7 Å². The topological polar surface area (TPSA) is 15.3 Å². The lowest BCUT2D eigenvalue weighted by molar-refractivity contribution is 0.191. The predicted octanol–water partition coefficient (Wildman–Crippen LogP) is 2.96. The third-order valence-electron chi connectivity index (χ3n) is 4.07. The molecule has 100 valence electrons. The SMILES string of the molecule is CC(c1ccccc1F)N(C)CC1(C)CCCN1. The van der Waals surface area contributed by atoms with Gasteiger partial charge in [0.25, 0.3) is 0 Å². The van der Waals surface area contributed by atoms with E-state index < -0.39 is 0 Å². The van der Waals surface area contributed by atoms with E-state index in [2.05, 4.69) is 31.1 Å². The van der Waals surface area contributed by atoms with Crippen LogP contribution in [0.25, 0.3) is 0 Å². The average Bonchev–Trinajstić information content (AvgIpc) is 2.75. The molecule has 2 nitrogen and oxygen atoms in total. The van der Waals surface area contributed by atoms with Gasteiger partial charge in [0.1, 0.15) is 5.82 Å². The summed E-state index contributed by atoms with van der Waals surface area (Å²) < 4.78 is 13.8. The maximum Gasteiger partial charge on any atom is 0.127 e. The standard InChI is InChI=1S/C15H23FN2/c1-12(13-7-4-5-8-14(13)16)18(3)11-15(2)9-6-10-17-15/h4-5,7-8,12,17H,6,9-11H2,1-3H3. The van der Waals surface area contributed by atoms with Crippen LogP contribution in [-0.2, 0) is 0 Å². The minimum absolute atomic E-state index is 0.102. The summed E-state index contributed by atoms with van der Waals surface area (Å²) in [5, 5.41) is 3.55. The van der Waals surface area contributed by atoms with Crippen molar-refractivity contribution in [2.75, 3.05) is 20.1 Å². The molecule has 1 heterocycles. The Morgan fingerprint density at radius 3 is 2.78 bits per heavy atom. The van der Waals surface area contributed by atoms with E-state index in [0.29, 0.717) is 0 Å². The molecule has 0 aliphatic carbocycles. The summed E-state index contributed by atoms with van der Waals surface area (Å²) in [6, 6.07) is 7.16.